The van der Waals surface area contributed by atoms with E-state index in [1.807, 2.05) is 0 Å². The zero-order valence-electron chi connectivity index (χ0n) is 7.77. The topological polar surface area (TPSA) is 70.7 Å². The zero-order valence-corrected chi connectivity index (χ0v) is 7.77. The number of benzene rings is 1. The van der Waals surface area contributed by atoms with Gasteiger partial charge in [-0.05, 0) is 17.7 Å². The minimum absolute atomic E-state index is 0.290. The number of rotatable bonds is 1. The van der Waals surface area contributed by atoms with Crippen LogP contribution in [0.3, 0.4) is 0 Å². The van der Waals surface area contributed by atoms with Gasteiger partial charge in [0.15, 0.2) is 0 Å². The van der Waals surface area contributed by atoms with Gasteiger partial charge in [-0.25, -0.2) is 15.0 Å². The van der Waals surface area contributed by atoms with Crippen molar-refractivity contribution in [3.63, 3.8) is 0 Å². The summed E-state index contributed by atoms with van der Waals surface area (Å²) < 4.78 is 12.6. The first kappa shape index (κ1) is 9.60. The molecule has 0 radical (unpaired) electrons. The van der Waals surface area contributed by atoms with E-state index >= 15 is 0 Å². The molecule has 1 aromatic rings. The fourth-order valence-electron chi connectivity index (χ4n) is 1.25. The Labute approximate surface area is 85.3 Å². The molecule has 78 valence electrons. The van der Waals surface area contributed by atoms with Crippen LogP contribution in [0.1, 0.15) is 5.56 Å². The van der Waals surface area contributed by atoms with Crippen LogP contribution >= 0.6 is 0 Å². The highest BCUT2D eigenvalue weighted by Crippen LogP contribution is 2.06. The van der Waals surface area contributed by atoms with Gasteiger partial charge in [0.2, 0.25) is 0 Å². The summed E-state index contributed by atoms with van der Waals surface area (Å²) in [6, 6.07) is 5.37. The summed E-state index contributed by atoms with van der Waals surface area (Å²) in [6.07, 6.45) is 0. The maximum atomic E-state index is 12.6. The zero-order chi connectivity index (χ0) is 10.8. The van der Waals surface area contributed by atoms with Crippen LogP contribution < -0.4 is 11.2 Å². The van der Waals surface area contributed by atoms with Crippen LogP contribution in [0.15, 0.2) is 29.4 Å². The predicted octanol–water partition coefficient (Wildman–Crippen LogP) is 0.429. The Morgan fingerprint density at radius 2 is 2.07 bits per heavy atom. The summed E-state index contributed by atoms with van der Waals surface area (Å²) in [7, 11) is 0. The van der Waals surface area contributed by atoms with Crippen molar-refractivity contribution in [2.24, 2.45) is 10.9 Å². The minimum Gasteiger partial charge on any atom is -0.330 e. The Morgan fingerprint density at radius 1 is 1.40 bits per heavy atom. The maximum absolute atomic E-state index is 12.6. The van der Waals surface area contributed by atoms with Crippen molar-refractivity contribution >= 4 is 11.7 Å². The number of carbonyl (C=O) groups excluding carboxylic acids is 1. The average Bonchev–Trinajstić information content (AvgIpc) is 2.23. The van der Waals surface area contributed by atoms with E-state index in [9.17, 15) is 9.18 Å². The molecule has 6 heteroatoms. The van der Waals surface area contributed by atoms with Gasteiger partial charge >= 0.3 is 6.03 Å². The lowest BCUT2D eigenvalue weighted by Gasteiger charge is -2.20. The standard InChI is InChI=1S/C9H9FN4O/c10-7-3-1-6(2-4-7)8-5-12-9(15)14(11)13-8/h1-4H,5,11H2,(H,12,15). The van der Waals surface area contributed by atoms with Crippen molar-refractivity contribution < 1.29 is 9.18 Å². The van der Waals surface area contributed by atoms with Crippen molar-refractivity contribution in [3.8, 4) is 0 Å². The normalized spacial score (nSPS) is 16.0. The van der Waals surface area contributed by atoms with E-state index in [0.717, 1.165) is 10.7 Å². The van der Waals surface area contributed by atoms with Gasteiger partial charge in [-0.15, -0.1) is 5.12 Å². The molecule has 0 aromatic heterocycles. The number of nitrogens with one attached hydrogen (secondary N) is 1. The quantitative estimate of drug-likeness (QED) is 0.519. The van der Waals surface area contributed by atoms with Gasteiger partial charge in [-0.1, -0.05) is 12.1 Å². The molecule has 0 aliphatic carbocycles. The van der Waals surface area contributed by atoms with Crippen LogP contribution in [0.4, 0.5) is 9.18 Å². The monoisotopic (exact) mass is 208 g/mol. The number of nitrogens with two attached hydrogens (primary N) is 1. The Hall–Kier alpha value is -1.95. The van der Waals surface area contributed by atoms with E-state index in [0.29, 0.717) is 5.71 Å². The third-order valence-corrected chi connectivity index (χ3v) is 2.02. The first-order valence-electron chi connectivity index (χ1n) is 4.33. The summed E-state index contributed by atoms with van der Waals surface area (Å²) in [5, 5.41) is 7.11. The van der Waals surface area contributed by atoms with Crippen LogP contribution in [0.2, 0.25) is 0 Å². The minimum atomic E-state index is -0.458. The number of hydrazone groups is 1. The number of urea groups is 1. The number of hydrogen-bond donors (Lipinski definition) is 2. The van der Waals surface area contributed by atoms with E-state index in [1.165, 1.54) is 12.1 Å². The molecule has 0 bridgehead atoms. The second kappa shape index (κ2) is 3.66. The molecular weight excluding hydrogens is 199 g/mol. The third kappa shape index (κ3) is 1.94. The third-order valence-electron chi connectivity index (χ3n) is 2.02. The molecule has 2 amide bonds. The maximum Gasteiger partial charge on any atom is 0.353 e. The summed E-state index contributed by atoms with van der Waals surface area (Å²) in [5.41, 5.74) is 1.32. The fourth-order valence-corrected chi connectivity index (χ4v) is 1.25. The van der Waals surface area contributed by atoms with Crippen molar-refractivity contribution in [1.29, 1.82) is 0 Å². The lowest BCUT2D eigenvalue weighted by atomic mass is 10.1. The molecule has 0 saturated heterocycles. The lowest BCUT2D eigenvalue weighted by molar-refractivity contribution is 0.199. The smallest absolute Gasteiger partial charge is 0.330 e. The number of halogens is 1. The van der Waals surface area contributed by atoms with Gasteiger partial charge in [0, 0.05) is 0 Å². The van der Waals surface area contributed by atoms with Gasteiger partial charge in [0.05, 0.1) is 12.3 Å². The largest absolute Gasteiger partial charge is 0.353 e. The molecule has 1 aliphatic rings. The molecule has 0 saturated carbocycles. The highest BCUT2D eigenvalue weighted by atomic mass is 19.1. The molecule has 1 aliphatic heterocycles. The SMILES string of the molecule is NN1N=C(c2ccc(F)cc2)CNC1=O. The first-order valence-corrected chi connectivity index (χ1v) is 4.33. The average molecular weight is 208 g/mol. The molecule has 0 spiro atoms. The van der Waals surface area contributed by atoms with E-state index in [-0.39, 0.29) is 12.4 Å². The number of nitrogens with zero attached hydrogens (tertiary/aromatic N) is 2. The Kier molecular flexibility index (Phi) is 2.34. The summed E-state index contributed by atoms with van der Waals surface area (Å²) in [4.78, 5) is 10.9. The van der Waals surface area contributed by atoms with E-state index in [4.69, 9.17) is 5.84 Å². The number of hydrogen-bond acceptors (Lipinski definition) is 3. The molecule has 1 heterocycles. The van der Waals surface area contributed by atoms with Gasteiger partial charge < -0.3 is 5.32 Å². The van der Waals surface area contributed by atoms with Crippen molar-refractivity contribution in [3.05, 3.63) is 35.6 Å². The van der Waals surface area contributed by atoms with E-state index in [2.05, 4.69) is 10.4 Å². The molecule has 2 rings (SSSR count). The second-order valence-electron chi connectivity index (χ2n) is 3.06. The number of carbonyl (C=O) groups is 1. The molecular formula is C9H9FN4O. The van der Waals surface area contributed by atoms with Gasteiger partial charge in [0.1, 0.15) is 5.82 Å². The Morgan fingerprint density at radius 3 is 2.67 bits per heavy atom. The first-order chi connectivity index (χ1) is 7.16. The molecule has 0 atom stereocenters. The van der Waals surface area contributed by atoms with Crippen LogP contribution in [-0.2, 0) is 0 Å². The molecule has 15 heavy (non-hydrogen) atoms. The molecule has 3 N–H and O–H groups in total. The number of amides is 2. The van der Waals surface area contributed by atoms with E-state index < -0.39 is 6.03 Å². The van der Waals surface area contributed by atoms with Crippen molar-refractivity contribution in [2.45, 2.75) is 0 Å². The molecule has 5 nitrogen and oxygen atoms in total. The van der Waals surface area contributed by atoms with Crippen LogP contribution in [0.25, 0.3) is 0 Å². The van der Waals surface area contributed by atoms with Crippen LogP contribution in [-0.4, -0.2) is 23.4 Å². The van der Waals surface area contributed by atoms with Gasteiger partial charge in [-0.3, -0.25) is 0 Å². The van der Waals surface area contributed by atoms with Crippen LogP contribution in [0, 0.1) is 5.82 Å². The van der Waals surface area contributed by atoms with Crippen molar-refractivity contribution in [1.82, 2.24) is 10.4 Å². The van der Waals surface area contributed by atoms with Crippen molar-refractivity contribution in [2.75, 3.05) is 6.54 Å². The number of hydrazine groups is 1. The Bertz CT molecular complexity index is 415. The molecule has 0 fully saturated rings. The predicted molar refractivity (Wildman–Crippen MR) is 52.4 cm³/mol. The van der Waals surface area contributed by atoms with E-state index in [1.54, 1.807) is 12.1 Å². The lowest BCUT2D eigenvalue weighted by Crippen LogP contribution is -2.48. The second-order valence-corrected chi connectivity index (χ2v) is 3.06. The Balaban J connectivity index is 2.28. The summed E-state index contributed by atoms with van der Waals surface area (Å²) in [5.74, 6) is 4.98. The molecule has 0 unspecified atom stereocenters. The van der Waals surface area contributed by atoms with Gasteiger partial charge in [0.25, 0.3) is 0 Å². The summed E-state index contributed by atoms with van der Waals surface area (Å²) >= 11 is 0. The summed E-state index contributed by atoms with van der Waals surface area (Å²) in [6.45, 7) is 0.290. The van der Waals surface area contributed by atoms with Crippen LogP contribution in [0.5, 0.6) is 0 Å². The van der Waals surface area contributed by atoms with Gasteiger partial charge in [-0.2, -0.15) is 5.10 Å². The fraction of sp³-hybridized carbons (Fsp3) is 0.111. The highest BCUT2D eigenvalue weighted by Gasteiger charge is 2.17. The highest BCUT2D eigenvalue weighted by molar-refractivity contribution is 6.05. The molecule has 1 aromatic carbocycles.